The Hall–Kier alpha value is -1.92. The van der Waals surface area contributed by atoms with E-state index >= 15 is 0 Å². The molecule has 1 amide bonds. The number of nitrogens with one attached hydrogen (secondary N) is 1. The third-order valence-corrected chi connectivity index (χ3v) is 6.67. The lowest BCUT2D eigenvalue weighted by Gasteiger charge is -2.36. The lowest BCUT2D eigenvalue weighted by molar-refractivity contribution is 0.0589. The van der Waals surface area contributed by atoms with Gasteiger partial charge < -0.3 is 10.2 Å². The summed E-state index contributed by atoms with van der Waals surface area (Å²) in [6.45, 7) is 5.83. The Labute approximate surface area is 159 Å². The molecule has 1 aromatic carbocycles. The molecule has 0 saturated carbocycles. The molecule has 4 heterocycles. The number of carbonyl (C=O) groups is 1. The largest absolute Gasteiger partial charge is 0.365 e. The standard InChI is InChI=1S/C20H26N4OS/c1-14-18(26-20(21-2)22-14)19(25)24-12-16-8-9-17(24)13-23(11-16)10-15-6-4-3-5-7-15/h3-7,16-17H,8-13H2,1-2H3,(H,21,22)/t16-,17+/m0/s1. The Morgan fingerprint density at radius 3 is 2.77 bits per heavy atom. The van der Waals surface area contributed by atoms with Crippen molar-refractivity contribution in [2.45, 2.75) is 32.4 Å². The summed E-state index contributed by atoms with van der Waals surface area (Å²) in [4.78, 5) is 23.1. The first kappa shape index (κ1) is 17.5. The van der Waals surface area contributed by atoms with Crippen molar-refractivity contribution in [2.75, 3.05) is 32.0 Å². The van der Waals surface area contributed by atoms with E-state index in [2.05, 4.69) is 50.4 Å². The highest BCUT2D eigenvalue weighted by atomic mass is 32.1. The number of aromatic nitrogens is 1. The molecule has 6 heteroatoms. The van der Waals surface area contributed by atoms with Crippen molar-refractivity contribution >= 4 is 22.4 Å². The second kappa shape index (κ2) is 7.37. The Bertz CT molecular complexity index is 775. The molecule has 2 atom stereocenters. The summed E-state index contributed by atoms with van der Waals surface area (Å²) in [5, 5.41) is 3.87. The smallest absolute Gasteiger partial charge is 0.266 e. The highest BCUT2D eigenvalue weighted by molar-refractivity contribution is 7.17. The maximum Gasteiger partial charge on any atom is 0.266 e. The van der Waals surface area contributed by atoms with Gasteiger partial charge in [0.25, 0.3) is 5.91 Å². The number of amides is 1. The zero-order valence-electron chi connectivity index (χ0n) is 15.4. The van der Waals surface area contributed by atoms with E-state index in [0.29, 0.717) is 12.0 Å². The summed E-state index contributed by atoms with van der Waals surface area (Å²) in [5.74, 6) is 0.733. The highest BCUT2D eigenvalue weighted by Crippen LogP contribution is 2.32. The van der Waals surface area contributed by atoms with Crippen LogP contribution in [0.3, 0.4) is 0 Å². The van der Waals surface area contributed by atoms with Crippen LogP contribution in [0.15, 0.2) is 30.3 Å². The van der Waals surface area contributed by atoms with E-state index in [0.717, 1.165) is 48.3 Å². The number of anilines is 1. The molecule has 0 radical (unpaired) electrons. The third-order valence-electron chi connectivity index (χ3n) is 5.50. The Morgan fingerprint density at radius 2 is 2.04 bits per heavy atom. The first-order valence-electron chi connectivity index (χ1n) is 9.36. The topological polar surface area (TPSA) is 48.5 Å². The fraction of sp³-hybridized carbons (Fsp3) is 0.500. The molecule has 2 bridgehead atoms. The van der Waals surface area contributed by atoms with Crippen molar-refractivity contribution in [3.05, 3.63) is 46.5 Å². The van der Waals surface area contributed by atoms with E-state index in [-0.39, 0.29) is 5.91 Å². The molecule has 1 aromatic heterocycles. The van der Waals surface area contributed by atoms with E-state index in [1.54, 1.807) is 0 Å². The van der Waals surface area contributed by atoms with Crippen LogP contribution in [0, 0.1) is 12.8 Å². The predicted octanol–water partition coefficient (Wildman–Crippen LogP) is 3.23. The fourth-order valence-electron chi connectivity index (χ4n) is 4.23. The van der Waals surface area contributed by atoms with Gasteiger partial charge in [-0.3, -0.25) is 9.69 Å². The molecule has 0 spiro atoms. The lowest BCUT2D eigenvalue weighted by Crippen LogP contribution is -2.47. The molecule has 3 fully saturated rings. The number of benzene rings is 1. The molecule has 5 rings (SSSR count). The van der Waals surface area contributed by atoms with E-state index < -0.39 is 0 Å². The average molecular weight is 371 g/mol. The second-order valence-electron chi connectivity index (χ2n) is 7.42. The van der Waals surface area contributed by atoms with E-state index in [1.165, 1.54) is 23.3 Å². The minimum absolute atomic E-state index is 0.165. The van der Waals surface area contributed by atoms with Crippen LogP contribution in [0.1, 0.15) is 33.8 Å². The molecule has 5 nitrogen and oxygen atoms in total. The Balaban J connectivity index is 1.51. The van der Waals surface area contributed by atoms with Gasteiger partial charge in [-0.2, -0.15) is 0 Å². The zero-order valence-corrected chi connectivity index (χ0v) is 16.3. The van der Waals surface area contributed by atoms with Crippen LogP contribution in [0.5, 0.6) is 0 Å². The van der Waals surface area contributed by atoms with E-state index in [4.69, 9.17) is 0 Å². The van der Waals surface area contributed by atoms with Crippen LogP contribution >= 0.6 is 11.3 Å². The summed E-state index contributed by atoms with van der Waals surface area (Å²) >= 11 is 1.47. The van der Waals surface area contributed by atoms with Gasteiger partial charge in [0.15, 0.2) is 5.13 Å². The molecular weight excluding hydrogens is 344 g/mol. The predicted molar refractivity (Wildman–Crippen MR) is 106 cm³/mol. The zero-order chi connectivity index (χ0) is 18.1. The maximum absolute atomic E-state index is 13.2. The van der Waals surface area contributed by atoms with Gasteiger partial charge in [0.2, 0.25) is 0 Å². The van der Waals surface area contributed by atoms with Crippen molar-refractivity contribution in [2.24, 2.45) is 5.92 Å². The van der Waals surface area contributed by atoms with Crippen molar-refractivity contribution in [3.63, 3.8) is 0 Å². The summed E-state index contributed by atoms with van der Waals surface area (Å²) in [6.07, 6.45) is 2.33. The van der Waals surface area contributed by atoms with Gasteiger partial charge in [0.05, 0.1) is 5.69 Å². The molecule has 0 unspecified atom stereocenters. The number of fused-ring (bicyclic) bond motifs is 4. The Kier molecular flexibility index (Phi) is 4.96. The van der Waals surface area contributed by atoms with Crippen molar-refractivity contribution in [1.29, 1.82) is 0 Å². The van der Waals surface area contributed by atoms with Crippen LogP contribution in [-0.2, 0) is 6.54 Å². The van der Waals surface area contributed by atoms with Crippen molar-refractivity contribution in [3.8, 4) is 0 Å². The highest BCUT2D eigenvalue weighted by Gasteiger charge is 2.38. The maximum atomic E-state index is 13.2. The fourth-order valence-corrected chi connectivity index (χ4v) is 5.11. The number of aryl methyl sites for hydroxylation is 1. The van der Waals surface area contributed by atoms with Crippen LogP contribution in [0.2, 0.25) is 0 Å². The molecule has 1 N–H and O–H groups in total. The molecule has 2 aromatic rings. The number of hydrogen-bond acceptors (Lipinski definition) is 5. The van der Waals surface area contributed by atoms with Crippen molar-refractivity contribution in [1.82, 2.24) is 14.8 Å². The summed E-state index contributed by atoms with van der Waals surface area (Å²) in [5.41, 5.74) is 2.19. The van der Waals surface area contributed by atoms with Crippen molar-refractivity contribution < 1.29 is 4.79 Å². The van der Waals surface area contributed by atoms with Gasteiger partial charge in [-0.1, -0.05) is 41.7 Å². The molecule has 3 aliphatic rings. The number of carbonyl (C=O) groups excluding carboxylic acids is 1. The van der Waals surface area contributed by atoms with E-state index in [1.807, 2.05) is 14.0 Å². The first-order valence-corrected chi connectivity index (χ1v) is 10.2. The van der Waals surface area contributed by atoms with Gasteiger partial charge in [0.1, 0.15) is 4.88 Å². The Morgan fingerprint density at radius 1 is 1.23 bits per heavy atom. The molecule has 0 aliphatic carbocycles. The minimum atomic E-state index is 0.165. The molecular formula is C20H26N4OS. The number of piperidine rings is 1. The summed E-state index contributed by atoms with van der Waals surface area (Å²) in [6, 6.07) is 11.0. The first-order chi connectivity index (χ1) is 12.6. The molecule has 3 aliphatic heterocycles. The summed E-state index contributed by atoms with van der Waals surface area (Å²) in [7, 11) is 1.85. The van der Waals surface area contributed by atoms with Gasteiger partial charge >= 0.3 is 0 Å². The monoisotopic (exact) mass is 370 g/mol. The molecule has 138 valence electrons. The summed E-state index contributed by atoms with van der Waals surface area (Å²) < 4.78 is 0. The number of nitrogens with zero attached hydrogens (tertiary/aromatic N) is 3. The van der Waals surface area contributed by atoms with E-state index in [9.17, 15) is 4.79 Å². The number of thiazole rings is 1. The van der Waals surface area contributed by atoms with Gasteiger partial charge in [-0.15, -0.1) is 0 Å². The minimum Gasteiger partial charge on any atom is -0.365 e. The third kappa shape index (κ3) is 3.48. The quantitative estimate of drug-likeness (QED) is 0.898. The lowest BCUT2D eigenvalue weighted by atomic mass is 9.95. The molecule has 3 saturated heterocycles. The number of hydrogen-bond donors (Lipinski definition) is 1. The molecule has 26 heavy (non-hydrogen) atoms. The number of rotatable bonds is 4. The second-order valence-corrected chi connectivity index (χ2v) is 8.42. The van der Waals surface area contributed by atoms with Gasteiger partial charge in [-0.25, -0.2) is 4.98 Å². The SMILES string of the molecule is CNc1nc(C)c(C(=O)N2C[C@H]3CC[C@@H]2CN(Cc2ccccc2)C3)s1. The van der Waals surface area contributed by atoms with Crippen LogP contribution in [0.4, 0.5) is 5.13 Å². The van der Waals surface area contributed by atoms with Crippen LogP contribution < -0.4 is 5.32 Å². The average Bonchev–Trinajstić information content (AvgIpc) is 2.82. The normalized spacial score (nSPS) is 23.1. The van der Waals surface area contributed by atoms with Gasteiger partial charge in [-0.05, 0) is 31.2 Å². The van der Waals surface area contributed by atoms with Gasteiger partial charge in [0, 0.05) is 39.3 Å². The van der Waals surface area contributed by atoms with Crippen LogP contribution in [-0.4, -0.2) is 53.4 Å². The van der Waals surface area contributed by atoms with Crippen LogP contribution in [0.25, 0.3) is 0 Å².